The molecule has 3 N–H and O–H groups in total. The Bertz CT molecular complexity index is 431. The fourth-order valence-corrected chi connectivity index (χ4v) is 2.07. The third-order valence-electron chi connectivity index (χ3n) is 3.03. The number of aromatic nitrogens is 2. The number of rotatable bonds is 5. The molecule has 2 aromatic rings. The number of nitrogens with two attached hydrogens (primary N) is 1. The molecule has 1 heterocycles. The first-order chi connectivity index (χ1) is 8.31. The third kappa shape index (κ3) is 2.87. The second-order valence-electron chi connectivity index (χ2n) is 4.34. The van der Waals surface area contributed by atoms with E-state index in [1.165, 1.54) is 18.4 Å². The van der Waals surface area contributed by atoms with Gasteiger partial charge in [0, 0.05) is 24.0 Å². The minimum absolute atomic E-state index is 0.352. The van der Waals surface area contributed by atoms with Gasteiger partial charge < -0.3 is 10.7 Å². The summed E-state index contributed by atoms with van der Waals surface area (Å²) in [6, 6.07) is 8.10. The van der Waals surface area contributed by atoms with Crippen LogP contribution in [0.5, 0.6) is 0 Å². The lowest BCUT2D eigenvalue weighted by molar-refractivity contribution is 0.628. The van der Waals surface area contributed by atoms with Crippen LogP contribution in [0.1, 0.15) is 43.5 Å². The Hall–Kier alpha value is -1.77. The zero-order chi connectivity index (χ0) is 12.1. The SMILES string of the molecule is CCCCC(c1ccc(N)cc1)c1ncc[nH]1. The molecule has 0 saturated heterocycles. The lowest BCUT2D eigenvalue weighted by Gasteiger charge is -2.15. The number of aromatic amines is 1. The highest BCUT2D eigenvalue weighted by atomic mass is 14.9. The van der Waals surface area contributed by atoms with Crippen LogP contribution in [0, 0.1) is 0 Å². The van der Waals surface area contributed by atoms with Crippen LogP contribution in [0.3, 0.4) is 0 Å². The molecule has 1 unspecified atom stereocenters. The molecule has 17 heavy (non-hydrogen) atoms. The number of H-pyrrole nitrogens is 1. The molecule has 0 aliphatic heterocycles. The summed E-state index contributed by atoms with van der Waals surface area (Å²) in [5.74, 6) is 1.40. The number of nitrogen functional groups attached to an aromatic ring is 1. The van der Waals surface area contributed by atoms with Gasteiger partial charge in [0.1, 0.15) is 5.82 Å². The molecule has 1 aromatic carbocycles. The van der Waals surface area contributed by atoms with Crippen molar-refractivity contribution in [2.75, 3.05) is 5.73 Å². The van der Waals surface area contributed by atoms with Crippen LogP contribution >= 0.6 is 0 Å². The number of unbranched alkanes of at least 4 members (excludes halogenated alkanes) is 1. The van der Waals surface area contributed by atoms with E-state index in [1.54, 1.807) is 0 Å². The van der Waals surface area contributed by atoms with Crippen LogP contribution in [0.15, 0.2) is 36.7 Å². The van der Waals surface area contributed by atoms with Crippen LogP contribution in [-0.4, -0.2) is 9.97 Å². The van der Waals surface area contributed by atoms with E-state index in [4.69, 9.17) is 5.73 Å². The Balaban J connectivity index is 2.23. The average Bonchev–Trinajstić information content (AvgIpc) is 2.85. The summed E-state index contributed by atoms with van der Waals surface area (Å²) in [5, 5.41) is 0. The topological polar surface area (TPSA) is 54.7 Å². The molecule has 0 bridgehead atoms. The maximum Gasteiger partial charge on any atom is 0.113 e. The largest absolute Gasteiger partial charge is 0.399 e. The fraction of sp³-hybridized carbons (Fsp3) is 0.357. The van der Waals surface area contributed by atoms with E-state index >= 15 is 0 Å². The van der Waals surface area contributed by atoms with Gasteiger partial charge in [-0.15, -0.1) is 0 Å². The van der Waals surface area contributed by atoms with Crippen molar-refractivity contribution in [1.29, 1.82) is 0 Å². The molecule has 0 aliphatic carbocycles. The number of nitrogens with one attached hydrogen (secondary N) is 1. The van der Waals surface area contributed by atoms with E-state index in [2.05, 4.69) is 29.0 Å². The molecule has 1 atom stereocenters. The van der Waals surface area contributed by atoms with E-state index in [-0.39, 0.29) is 0 Å². The number of imidazole rings is 1. The van der Waals surface area contributed by atoms with E-state index in [0.717, 1.165) is 17.9 Å². The summed E-state index contributed by atoms with van der Waals surface area (Å²) in [6.45, 7) is 2.21. The van der Waals surface area contributed by atoms with Gasteiger partial charge in [-0.3, -0.25) is 0 Å². The molecule has 0 spiro atoms. The molecule has 3 nitrogen and oxygen atoms in total. The van der Waals surface area contributed by atoms with Crippen LogP contribution in [-0.2, 0) is 0 Å². The molecule has 0 radical (unpaired) electrons. The number of anilines is 1. The molecule has 0 saturated carbocycles. The summed E-state index contributed by atoms with van der Waals surface area (Å²) < 4.78 is 0. The molecule has 0 fully saturated rings. The second kappa shape index (κ2) is 5.53. The van der Waals surface area contributed by atoms with Gasteiger partial charge in [0.05, 0.1) is 0 Å². The zero-order valence-electron chi connectivity index (χ0n) is 10.2. The quantitative estimate of drug-likeness (QED) is 0.773. The summed E-state index contributed by atoms with van der Waals surface area (Å²) in [5.41, 5.74) is 7.81. The molecule has 1 aromatic heterocycles. The van der Waals surface area contributed by atoms with Crippen molar-refractivity contribution in [2.45, 2.75) is 32.1 Å². The fourth-order valence-electron chi connectivity index (χ4n) is 2.07. The van der Waals surface area contributed by atoms with Gasteiger partial charge in [0.15, 0.2) is 0 Å². The van der Waals surface area contributed by atoms with E-state index in [9.17, 15) is 0 Å². The summed E-state index contributed by atoms with van der Waals surface area (Å²) >= 11 is 0. The number of nitrogens with zero attached hydrogens (tertiary/aromatic N) is 1. The zero-order valence-corrected chi connectivity index (χ0v) is 10.2. The number of hydrogen-bond donors (Lipinski definition) is 2. The molecule has 2 rings (SSSR count). The second-order valence-corrected chi connectivity index (χ2v) is 4.34. The molecular formula is C14H19N3. The minimum Gasteiger partial charge on any atom is -0.399 e. The number of benzene rings is 1. The lowest BCUT2D eigenvalue weighted by Crippen LogP contribution is -2.03. The van der Waals surface area contributed by atoms with Crippen molar-refractivity contribution in [1.82, 2.24) is 9.97 Å². The van der Waals surface area contributed by atoms with Crippen molar-refractivity contribution in [3.63, 3.8) is 0 Å². The van der Waals surface area contributed by atoms with Gasteiger partial charge in [-0.2, -0.15) is 0 Å². The molecule has 3 heteroatoms. The highest BCUT2D eigenvalue weighted by molar-refractivity contribution is 5.41. The highest BCUT2D eigenvalue weighted by Crippen LogP contribution is 2.27. The van der Waals surface area contributed by atoms with E-state index in [0.29, 0.717) is 5.92 Å². The van der Waals surface area contributed by atoms with Crippen LogP contribution < -0.4 is 5.73 Å². The first-order valence-corrected chi connectivity index (χ1v) is 6.16. The molecule has 0 amide bonds. The van der Waals surface area contributed by atoms with Crippen molar-refractivity contribution in [3.05, 3.63) is 48.0 Å². The van der Waals surface area contributed by atoms with Gasteiger partial charge in [-0.1, -0.05) is 31.9 Å². The molecule has 90 valence electrons. The van der Waals surface area contributed by atoms with Crippen LogP contribution in [0.4, 0.5) is 5.69 Å². The van der Waals surface area contributed by atoms with Gasteiger partial charge in [-0.25, -0.2) is 4.98 Å². The summed E-state index contributed by atoms with van der Waals surface area (Å²) in [7, 11) is 0. The van der Waals surface area contributed by atoms with Crippen LogP contribution in [0.2, 0.25) is 0 Å². The van der Waals surface area contributed by atoms with E-state index < -0.39 is 0 Å². The predicted molar refractivity (Wildman–Crippen MR) is 70.8 cm³/mol. The Kier molecular flexibility index (Phi) is 3.81. The first kappa shape index (κ1) is 11.7. The van der Waals surface area contributed by atoms with Crippen molar-refractivity contribution in [3.8, 4) is 0 Å². The highest BCUT2D eigenvalue weighted by Gasteiger charge is 2.15. The van der Waals surface area contributed by atoms with Gasteiger partial charge in [-0.05, 0) is 24.1 Å². The lowest BCUT2D eigenvalue weighted by atomic mass is 9.93. The van der Waals surface area contributed by atoms with E-state index in [1.807, 2.05) is 24.5 Å². The Morgan fingerprint density at radius 2 is 2.06 bits per heavy atom. The summed E-state index contributed by atoms with van der Waals surface area (Å²) in [4.78, 5) is 7.60. The molecule has 0 aliphatic rings. The average molecular weight is 229 g/mol. The maximum absolute atomic E-state index is 5.72. The van der Waals surface area contributed by atoms with Crippen LogP contribution in [0.25, 0.3) is 0 Å². The predicted octanol–water partition coefficient (Wildman–Crippen LogP) is 3.31. The first-order valence-electron chi connectivity index (χ1n) is 6.16. The van der Waals surface area contributed by atoms with Crippen molar-refractivity contribution < 1.29 is 0 Å². The molecular weight excluding hydrogens is 210 g/mol. The maximum atomic E-state index is 5.72. The van der Waals surface area contributed by atoms with Gasteiger partial charge in [0.25, 0.3) is 0 Å². The van der Waals surface area contributed by atoms with Gasteiger partial charge in [0.2, 0.25) is 0 Å². The smallest absolute Gasteiger partial charge is 0.113 e. The minimum atomic E-state index is 0.352. The standard InChI is InChI=1S/C14H19N3/c1-2-3-4-13(14-16-9-10-17-14)11-5-7-12(15)8-6-11/h5-10,13H,2-4,15H2,1H3,(H,16,17). The Morgan fingerprint density at radius 1 is 1.29 bits per heavy atom. The Morgan fingerprint density at radius 3 is 2.65 bits per heavy atom. The van der Waals surface area contributed by atoms with Crippen molar-refractivity contribution >= 4 is 5.69 Å². The number of hydrogen-bond acceptors (Lipinski definition) is 2. The normalized spacial score (nSPS) is 12.5. The van der Waals surface area contributed by atoms with Crippen molar-refractivity contribution in [2.24, 2.45) is 0 Å². The van der Waals surface area contributed by atoms with Gasteiger partial charge >= 0.3 is 0 Å². The monoisotopic (exact) mass is 229 g/mol. The third-order valence-corrected chi connectivity index (χ3v) is 3.03. The Labute approximate surface area is 102 Å². The summed E-state index contributed by atoms with van der Waals surface area (Å²) in [6.07, 6.45) is 7.22.